The van der Waals surface area contributed by atoms with Crippen molar-refractivity contribution in [3.8, 4) is 0 Å². The second kappa shape index (κ2) is 2.06. The minimum Gasteiger partial charge on any atom is -0.349 e. The van der Waals surface area contributed by atoms with Crippen LogP contribution >= 0.6 is 11.8 Å². The highest BCUT2D eigenvalue weighted by Crippen LogP contribution is 2.38. The Hall–Kier alpha value is -0.890. The number of thioether (sulfide) groups is 1. The predicted octanol–water partition coefficient (Wildman–Crippen LogP) is 2.48. The molecule has 0 aromatic heterocycles. The number of rotatable bonds is 0. The van der Waals surface area contributed by atoms with Gasteiger partial charge in [0.2, 0.25) is 0 Å². The van der Waals surface area contributed by atoms with Gasteiger partial charge < -0.3 is 5.32 Å². The van der Waals surface area contributed by atoms with Gasteiger partial charge in [-0.25, -0.2) is 0 Å². The molecule has 1 N–H and O–H groups in total. The van der Waals surface area contributed by atoms with E-state index in [4.69, 9.17) is 6.58 Å². The Morgan fingerprint density at radius 3 is 2.90 bits per heavy atom. The average Bonchev–Trinajstić information content (AvgIpc) is 2.27. The van der Waals surface area contributed by atoms with E-state index in [0.717, 1.165) is 10.7 Å². The van der Waals surface area contributed by atoms with Crippen molar-refractivity contribution in [3.05, 3.63) is 35.9 Å². The highest BCUT2D eigenvalue weighted by molar-refractivity contribution is 8.03. The molecule has 49 valence electrons. The van der Waals surface area contributed by atoms with Gasteiger partial charge in [0, 0.05) is 4.90 Å². The minimum absolute atomic E-state index is 0.765. The minimum atomic E-state index is 0.765. The molecule has 0 aliphatic carbocycles. The number of anilines is 1. The van der Waals surface area contributed by atoms with Gasteiger partial charge in [0.1, 0.15) is 0 Å². The molecular weight excluding hydrogens is 142 g/mol. The molecule has 2 rings (SSSR count). The Balaban J connectivity index is 2.51. The van der Waals surface area contributed by atoms with Crippen LogP contribution in [0.5, 0.6) is 0 Å². The molecule has 1 heterocycles. The van der Waals surface area contributed by atoms with E-state index in [2.05, 4.69) is 5.32 Å². The maximum Gasteiger partial charge on any atom is 0.0775 e. The van der Waals surface area contributed by atoms with Crippen molar-refractivity contribution in [3.63, 3.8) is 0 Å². The third kappa shape index (κ3) is 0.809. The zero-order valence-corrected chi connectivity index (χ0v) is 6.11. The van der Waals surface area contributed by atoms with Crippen LogP contribution in [0.15, 0.2) is 34.2 Å². The molecule has 1 aliphatic heterocycles. The van der Waals surface area contributed by atoms with Gasteiger partial charge in [0.15, 0.2) is 0 Å². The maximum absolute atomic E-state index is 5.55. The fourth-order valence-electron chi connectivity index (χ4n) is 0.936. The van der Waals surface area contributed by atoms with Gasteiger partial charge in [-0.1, -0.05) is 23.9 Å². The van der Waals surface area contributed by atoms with E-state index in [1.165, 1.54) is 4.90 Å². The smallest absolute Gasteiger partial charge is 0.0775 e. The largest absolute Gasteiger partial charge is 0.349 e. The lowest BCUT2D eigenvalue weighted by Gasteiger charge is -1.93. The number of fused-ring (bicyclic) bond motifs is 1. The number of para-hydroxylation sites is 1. The van der Waals surface area contributed by atoms with E-state index >= 15 is 0 Å². The summed E-state index contributed by atoms with van der Waals surface area (Å²) in [6.07, 6.45) is 0. The second-order valence-electron chi connectivity index (χ2n) is 2.09. The van der Waals surface area contributed by atoms with Crippen molar-refractivity contribution in [2.24, 2.45) is 0 Å². The molecule has 10 heavy (non-hydrogen) atoms. The third-order valence-electron chi connectivity index (χ3n) is 1.36. The molecule has 0 saturated carbocycles. The van der Waals surface area contributed by atoms with Crippen molar-refractivity contribution in [1.29, 1.82) is 0 Å². The van der Waals surface area contributed by atoms with Crippen LogP contribution in [0.25, 0.3) is 0 Å². The van der Waals surface area contributed by atoms with Crippen molar-refractivity contribution >= 4 is 17.4 Å². The molecule has 1 aromatic carbocycles. The molecule has 1 aliphatic rings. The van der Waals surface area contributed by atoms with Crippen LogP contribution in [-0.4, -0.2) is 0 Å². The van der Waals surface area contributed by atoms with Crippen LogP contribution in [0.4, 0.5) is 5.69 Å². The summed E-state index contributed by atoms with van der Waals surface area (Å²) >= 11 is 1.57. The molecule has 2 heteroatoms. The van der Waals surface area contributed by atoms with Gasteiger partial charge >= 0.3 is 0 Å². The van der Waals surface area contributed by atoms with Gasteiger partial charge in [-0.15, -0.1) is 0 Å². The van der Waals surface area contributed by atoms with E-state index in [0.29, 0.717) is 0 Å². The molecule has 1 aromatic rings. The molecule has 0 spiro atoms. The summed E-state index contributed by atoms with van der Waals surface area (Å²) in [5.41, 5.74) is 1.12. The van der Waals surface area contributed by atoms with E-state index in [-0.39, 0.29) is 0 Å². The molecule has 0 amide bonds. The molecule has 0 unspecified atom stereocenters. The molecule has 0 bridgehead atoms. The van der Waals surface area contributed by atoms with Crippen LogP contribution < -0.4 is 5.32 Å². The predicted molar refractivity (Wildman–Crippen MR) is 43.7 cm³/mol. The lowest BCUT2D eigenvalue weighted by Crippen LogP contribution is -1.84. The Kier molecular flexibility index (Phi) is 1.21. The molecule has 0 atom stereocenters. The zero-order chi connectivity index (χ0) is 6.97. The summed E-state index contributed by atoms with van der Waals surface area (Å²) in [6.45, 7) is 5.55. The van der Waals surface area contributed by atoms with E-state index in [9.17, 15) is 0 Å². The van der Waals surface area contributed by atoms with Crippen LogP contribution in [0.3, 0.4) is 0 Å². The van der Waals surface area contributed by atoms with Gasteiger partial charge in [-0.2, -0.15) is 0 Å². The fourth-order valence-corrected chi connectivity index (χ4v) is 1.71. The van der Waals surface area contributed by atoms with Gasteiger partial charge in [0.25, 0.3) is 0 Å². The van der Waals surface area contributed by atoms with Crippen molar-refractivity contribution in [2.75, 3.05) is 5.32 Å². The standard InChI is InChI=1S/C8H6NS/c1-6-9-7-4-2-3-5-8(7)10-6/h1-5,9H. The highest BCUT2D eigenvalue weighted by atomic mass is 32.2. The SMILES string of the molecule is [CH]=C1Nc2ccccc2S1. The molecule has 1 nitrogen and oxygen atoms in total. The first-order chi connectivity index (χ1) is 4.86. The van der Waals surface area contributed by atoms with Crippen molar-refractivity contribution in [2.45, 2.75) is 4.90 Å². The third-order valence-corrected chi connectivity index (χ3v) is 2.26. The van der Waals surface area contributed by atoms with Crippen LogP contribution in [0, 0.1) is 6.58 Å². The fraction of sp³-hybridized carbons (Fsp3) is 0. The first kappa shape index (κ1) is 5.86. The van der Waals surface area contributed by atoms with E-state index < -0.39 is 0 Å². The lowest BCUT2D eigenvalue weighted by atomic mass is 10.3. The Labute approximate surface area is 64.1 Å². The number of benzene rings is 1. The molecule has 1 radical (unpaired) electrons. The van der Waals surface area contributed by atoms with Crippen LogP contribution in [0.1, 0.15) is 0 Å². The van der Waals surface area contributed by atoms with Gasteiger partial charge in [0.05, 0.1) is 10.7 Å². The summed E-state index contributed by atoms with van der Waals surface area (Å²) in [5, 5.41) is 3.82. The number of hydrogen-bond donors (Lipinski definition) is 1. The first-order valence-corrected chi connectivity index (χ1v) is 3.84. The number of hydrogen-bond acceptors (Lipinski definition) is 2. The van der Waals surface area contributed by atoms with Crippen LogP contribution in [0.2, 0.25) is 0 Å². The normalized spacial score (nSPS) is 14.6. The second-order valence-corrected chi connectivity index (χ2v) is 3.17. The summed E-state index contributed by atoms with van der Waals surface area (Å²) in [4.78, 5) is 1.21. The molecule has 0 fully saturated rings. The number of nitrogens with one attached hydrogen (secondary N) is 1. The van der Waals surface area contributed by atoms with E-state index in [1.54, 1.807) is 11.8 Å². The van der Waals surface area contributed by atoms with Crippen molar-refractivity contribution < 1.29 is 0 Å². The quantitative estimate of drug-likeness (QED) is 0.606. The summed E-state index contributed by atoms with van der Waals surface area (Å²) in [6, 6.07) is 8.06. The Morgan fingerprint density at radius 1 is 1.30 bits per heavy atom. The Morgan fingerprint density at radius 2 is 2.10 bits per heavy atom. The lowest BCUT2D eigenvalue weighted by molar-refractivity contribution is 1.46. The zero-order valence-electron chi connectivity index (χ0n) is 5.29. The van der Waals surface area contributed by atoms with Crippen molar-refractivity contribution in [1.82, 2.24) is 0 Å². The summed E-state index contributed by atoms with van der Waals surface area (Å²) in [5.74, 6) is 0. The maximum atomic E-state index is 5.55. The van der Waals surface area contributed by atoms with E-state index in [1.807, 2.05) is 24.3 Å². The molecule has 0 saturated heterocycles. The highest BCUT2D eigenvalue weighted by Gasteiger charge is 2.11. The van der Waals surface area contributed by atoms with Gasteiger partial charge in [-0.05, 0) is 18.7 Å². The summed E-state index contributed by atoms with van der Waals surface area (Å²) in [7, 11) is 0. The topological polar surface area (TPSA) is 12.0 Å². The van der Waals surface area contributed by atoms with Crippen LogP contribution in [-0.2, 0) is 0 Å². The van der Waals surface area contributed by atoms with Gasteiger partial charge in [-0.3, -0.25) is 0 Å². The average molecular weight is 148 g/mol. The first-order valence-electron chi connectivity index (χ1n) is 3.02. The molecular formula is C8H6NS. The Bertz CT molecular complexity index is 253. The summed E-state index contributed by atoms with van der Waals surface area (Å²) < 4.78 is 0. The monoisotopic (exact) mass is 148 g/mol.